The third-order valence-corrected chi connectivity index (χ3v) is 5.25. The summed E-state index contributed by atoms with van der Waals surface area (Å²) in [5, 5.41) is 5.80. The topological polar surface area (TPSA) is 79.9 Å². The van der Waals surface area contributed by atoms with Crippen molar-refractivity contribution in [2.45, 2.75) is 32.5 Å². The first-order chi connectivity index (χ1) is 14.5. The summed E-state index contributed by atoms with van der Waals surface area (Å²) in [4.78, 5) is 27.1. The van der Waals surface area contributed by atoms with Gasteiger partial charge in [0, 0.05) is 31.7 Å². The molecule has 0 radical (unpaired) electrons. The van der Waals surface area contributed by atoms with Gasteiger partial charge < -0.3 is 20.1 Å². The summed E-state index contributed by atoms with van der Waals surface area (Å²) in [6.45, 7) is 4.15. The fraction of sp³-hybridized carbons (Fsp3) is 0.391. The number of hydrogen-bond acceptors (Lipinski definition) is 5. The summed E-state index contributed by atoms with van der Waals surface area (Å²) in [5.74, 6) is 1.01. The first kappa shape index (κ1) is 21.6. The molecule has 1 fully saturated rings. The van der Waals surface area contributed by atoms with Gasteiger partial charge in [0.05, 0.1) is 26.7 Å². The van der Waals surface area contributed by atoms with Crippen molar-refractivity contribution in [3.05, 3.63) is 59.2 Å². The summed E-state index contributed by atoms with van der Waals surface area (Å²) < 4.78 is 10.9. The van der Waals surface area contributed by atoms with Crippen LogP contribution in [0.25, 0.3) is 0 Å². The highest BCUT2D eigenvalue weighted by molar-refractivity contribution is 5.88. The second kappa shape index (κ2) is 10.1. The number of hydrogen-bond donors (Lipinski definition) is 2. The molecule has 2 N–H and O–H groups in total. The molecule has 0 bridgehead atoms. The summed E-state index contributed by atoms with van der Waals surface area (Å²) in [7, 11) is 3.19. The Kier molecular flexibility index (Phi) is 7.30. The Bertz CT molecular complexity index is 900. The van der Waals surface area contributed by atoms with Crippen molar-refractivity contribution in [1.82, 2.24) is 15.5 Å². The fourth-order valence-electron chi connectivity index (χ4n) is 3.74. The van der Waals surface area contributed by atoms with Crippen LogP contribution in [0.3, 0.4) is 0 Å². The number of ether oxygens (including phenoxy) is 2. The lowest BCUT2D eigenvalue weighted by molar-refractivity contribution is -0.134. The van der Waals surface area contributed by atoms with Crippen molar-refractivity contribution in [2.24, 2.45) is 0 Å². The first-order valence-electron chi connectivity index (χ1n) is 10.1. The van der Waals surface area contributed by atoms with Gasteiger partial charge >= 0.3 is 0 Å². The van der Waals surface area contributed by atoms with Gasteiger partial charge in [-0.25, -0.2) is 0 Å². The lowest BCUT2D eigenvalue weighted by Gasteiger charge is -2.35. The van der Waals surface area contributed by atoms with Crippen molar-refractivity contribution in [3.8, 4) is 11.5 Å². The Balaban J connectivity index is 1.67. The zero-order valence-corrected chi connectivity index (χ0v) is 17.7. The molecule has 3 rings (SSSR count). The van der Waals surface area contributed by atoms with Crippen molar-refractivity contribution in [3.63, 3.8) is 0 Å². The van der Waals surface area contributed by atoms with E-state index >= 15 is 0 Å². The van der Waals surface area contributed by atoms with E-state index in [-0.39, 0.29) is 18.2 Å². The normalized spacial score (nSPS) is 16.6. The Morgan fingerprint density at radius 2 is 2.00 bits per heavy atom. The third kappa shape index (κ3) is 5.30. The van der Waals surface area contributed by atoms with Gasteiger partial charge in [-0.3, -0.25) is 14.5 Å². The lowest BCUT2D eigenvalue weighted by Crippen LogP contribution is -2.56. The molecule has 1 unspecified atom stereocenters. The van der Waals surface area contributed by atoms with E-state index in [2.05, 4.69) is 10.6 Å². The highest BCUT2D eigenvalue weighted by atomic mass is 16.5. The van der Waals surface area contributed by atoms with Gasteiger partial charge in [0.1, 0.15) is 0 Å². The molecule has 2 aromatic rings. The summed E-state index contributed by atoms with van der Waals surface area (Å²) >= 11 is 0. The summed E-state index contributed by atoms with van der Waals surface area (Å²) in [6, 6.07) is 13.1. The largest absolute Gasteiger partial charge is 0.493 e. The Labute approximate surface area is 177 Å². The number of rotatable bonds is 8. The van der Waals surface area contributed by atoms with Crippen LogP contribution in [0, 0.1) is 6.92 Å². The van der Waals surface area contributed by atoms with Crippen LogP contribution in [0.5, 0.6) is 11.5 Å². The average molecular weight is 412 g/mol. The average Bonchev–Trinajstić information content (AvgIpc) is 2.74. The highest BCUT2D eigenvalue weighted by Crippen LogP contribution is 2.32. The van der Waals surface area contributed by atoms with Crippen molar-refractivity contribution in [2.75, 3.05) is 27.3 Å². The Hall–Kier alpha value is -3.06. The number of methoxy groups -OCH3 is 2. The van der Waals surface area contributed by atoms with E-state index in [1.807, 2.05) is 54.3 Å². The molecule has 2 amide bonds. The van der Waals surface area contributed by atoms with E-state index < -0.39 is 6.04 Å². The number of para-hydroxylation sites is 1. The maximum absolute atomic E-state index is 12.6. The molecular weight excluding hydrogens is 382 g/mol. The molecule has 0 aromatic heterocycles. The van der Waals surface area contributed by atoms with Crippen LogP contribution in [-0.2, 0) is 22.7 Å². The predicted octanol–water partition coefficient (Wildman–Crippen LogP) is 2.02. The SMILES string of the molecule is COc1cccc(CN2CCNC(=O)C2CC(=O)NCc2cccc(C)c2)c1OC. The molecule has 1 saturated heterocycles. The second-order valence-corrected chi connectivity index (χ2v) is 7.40. The molecule has 1 atom stereocenters. The van der Waals surface area contributed by atoms with Gasteiger partial charge in [0.2, 0.25) is 11.8 Å². The minimum absolute atomic E-state index is 0.101. The molecule has 0 aliphatic carbocycles. The smallest absolute Gasteiger partial charge is 0.237 e. The quantitative estimate of drug-likeness (QED) is 0.695. The Morgan fingerprint density at radius 3 is 2.73 bits per heavy atom. The maximum Gasteiger partial charge on any atom is 0.237 e. The number of piperazine rings is 1. The standard InChI is InChI=1S/C23H29N3O4/c1-16-6-4-7-17(12-16)14-25-21(27)13-19-23(28)24-10-11-26(19)15-18-8-5-9-20(29-2)22(18)30-3/h4-9,12,19H,10-11,13-15H2,1-3H3,(H,24,28)(H,25,27). The van der Waals surface area contributed by atoms with Gasteiger partial charge in [0.25, 0.3) is 0 Å². The van der Waals surface area contributed by atoms with Gasteiger partial charge in [-0.05, 0) is 18.6 Å². The molecule has 2 aromatic carbocycles. The van der Waals surface area contributed by atoms with Crippen molar-refractivity contribution >= 4 is 11.8 Å². The minimum Gasteiger partial charge on any atom is -0.493 e. The van der Waals surface area contributed by atoms with Crippen molar-refractivity contribution in [1.29, 1.82) is 0 Å². The number of nitrogens with one attached hydrogen (secondary N) is 2. The van der Waals surface area contributed by atoms with E-state index in [1.54, 1.807) is 14.2 Å². The van der Waals surface area contributed by atoms with Crippen LogP contribution < -0.4 is 20.1 Å². The van der Waals surface area contributed by atoms with E-state index in [4.69, 9.17) is 9.47 Å². The van der Waals surface area contributed by atoms with E-state index in [1.165, 1.54) is 0 Å². The second-order valence-electron chi connectivity index (χ2n) is 7.40. The van der Waals surface area contributed by atoms with Gasteiger partial charge in [0.15, 0.2) is 11.5 Å². The van der Waals surface area contributed by atoms with Crippen LogP contribution in [0.4, 0.5) is 0 Å². The molecule has 1 aliphatic rings. The van der Waals surface area contributed by atoms with Gasteiger partial charge in [-0.2, -0.15) is 0 Å². The molecule has 1 aliphatic heterocycles. The maximum atomic E-state index is 12.6. The van der Waals surface area contributed by atoms with Crippen LogP contribution in [0.2, 0.25) is 0 Å². The summed E-state index contributed by atoms with van der Waals surface area (Å²) in [5.41, 5.74) is 3.10. The van der Waals surface area contributed by atoms with Crippen LogP contribution in [0.1, 0.15) is 23.1 Å². The lowest BCUT2D eigenvalue weighted by atomic mass is 10.1. The molecule has 7 nitrogen and oxygen atoms in total. The number of nitrogens with zero attached hydrogens (tertiary/aromatic N) is 1. The predicted molar refractivity (Wildman–Crippen MR) is 114 cm³/mol. The number of carbonyl (C=O) groups excluding carboxylic acids is 2. The molecule has 0 spiro atoms. The Morgan fingerprint density at radius 1 is 1.20 bits per heavy atom. The molecule has 30 heavy (non-hydrogen) atoms. The third-order valence-electron chi connectivity index (χ3n) is 5.25. The zero-order valence-electron chi connectivity index (χ0n) is 17.7. The highest BCUT2D eigenvalue weighted by Gasteiger charge is 2.32. The monoisotopic (exact) mass is 411 g/mol. The first-order valence-corrected chi connectivity index (χ1v) is 10.1. The fourth-order valence-corrected chi connectivity index (χ4v) is 3.74. The van der Waals surface area contributed by atoms with Crippen LogP contribution in [-0.4, -0.2) is 50.1 Å². The summed E-state index contributed by atoms with van der Waals surface area (Å²) in [6.07, 6.45) is 0.101. The number of amides is 2. The number of benzene rings is 2. The molecule has 0 saturated carbocycles. The van der Waals surface area contributed by atoms with E-state index in [9.17, 15) is 9.59 Å². The van der Waals surface area contributed by atoms with E-state index in [0.29, 0.717) is 37.7 Å². The van der Waals surface area contributed by atoms with Crippen molar-refractivity contribution < 1.29 is 19.1 Å². The number of carbonyl (C=O) groups is 2. The zero-order chi connectivity index (χ0) is 21.5. The van der Waals surface area contributed by atoms with E-state index in [0.717, 1.165) is 16.7 Å². The molecule has 160 valence electrons. The minimum atomic E-state index is -0.535. The number of aryl methyl sites for hydroxylation is 1. The molecular formula is C23H29N3O4. The van der Waals surface area contributed by atoms with Gasteiger partial charge in [-0.15, -0.1) is 0 Å². The van der Waals surface area contributed by atoms with Crippen LogP contribution >= 0.6 is 0 Å². The van der Waals surface area contributed by atoms with Gasteiger partial charge in [-0.1, -0.05) is 42.0 Å². The van der Waals surface area contributed by atoms with Crippen LogP contribution in [0.15, 0.2) is 42.5 Å². The molecule has 1 heterocycles. The molecule has 7 heteroatoms.